The van der Waals surface area contributed by atoms with E-state index in [1.54, 1.807) is 0 Å². The van der Waals surface area contributed by atoms with Gasteiger partial charge < -0.3 is 3.83 Å². The quantitative estimate of drug-likeness (QED) is 0.398. The Morgan fingerprint density at radius 1 is 1.00 bits per heavy atom. The highest BCUT2D eigenvalue weighted by Crippen LogP contribution is 2.11. The molecular formula is C13H23BrO2. The lowest BCUT2D eigenvalue weighted by molar-refractivity contribution is -0.132. The number of carbonyl (C=O) groups is 1. The van der Waals surface area contributed by atoms with Gasteiger partial charge in [-0.15, -0.1) is 6.58 Å². The van der Waals surface area contributed by atoms with Crippen molar-refractivity contribution in [1.82, 2.24) is 0 Å². The summed E-state index contributed by atoms with van der Waals surface area (Å²) in [6.07, 6.45) is 13.5. The van der Waals surface area contributed by atoms with E-state index < -0.39 is 0 Å². The van der Waals surface area contributed by atoms with Gasteiger partial charge in [0.2, 0.25) is 0 Å². The van der Waals surface area contributed by atoms with Gasteiger partial charge in [-0.3, -0.25) is 4.79 Å². The van der Waals surface area contributed by atoms with Gasteiger partial charge in [0.05, 0.1) is 0 Å². The summed E-state index contributed by atoms with van der Waals surface area (Å²) in [4.78, 5) is 10.8. The minimum atomic E-state index is -0.163. The van der Waals surface area contributed by atoms with Gasteiger partial charge >= 0.3 is 5.97 Å². The van der Waals surface area contributed by atoms with E-state index in [1.165, 1.54) is 38.5 Å². The molecule has 0 heterocycles. The number of carbonyl (C=O) groups excluding carboxylic acids is 1. The van der Waals surface area contributed by atoms with Gasteiger partial charge in [0, 0.05) is 6.42 Å². The largest absolute Gasteiger partial charge is 0.384 e. The zero-order chi connectivity index (χ0) is 12.1. The van der Waals surface area contributed by atoms with Crippen molar-refractivity contribution in [2.24, 2.45) is 0 Å². The first-order valence-corrected chi connectivity index (χ1v) is 6.88. The van der Waals surface area contributed by atoms with Gasteiger partial charge in [-0.05, 0) is 19.3 Å². The Kier molecular flexibility index (Phi) is 12.5. The Balaban J connectivity index is 2.98. The zero-order valence-corrected chi connectivity index (χ0v) is 11.6. The number of unbranched alkanes of at least 4 members (excludes halogenated alkanes) is 8. The van der Waals surface area contributed by atoms with E-state index in [0.29, 0.717) is 6.42 Å². The van der Waals surface area contributed by atoms with Crippen molar-refractivity contribution in [3.05, 3.63) is 12.7 Å². The Labute approximate surface area is 108 Å². The van der Waals surface area contributed by atoms with E-state index in [-0.39, 0.29) is 5.97 Å². The van der Waals surface area contributed by atoms with Gasteiger partial charge in [0.15, 0.2) is 16.3 Å². The van der Waals surface area contributed by atoms with E-state index in [9.17, 15) is 4.79 Å². The van der Waals surface area contributed by atoms with Crippen LogP contribution in [0.25, 0.3) is 0 Å². The van der Waals surface area contributed by atoms with E-state index in [2.05, 4.69) is 26.7 Å². The lowest BCUT2D eigenvalue weighted by atomic mass is 10.1. The fraction of sp³-hybridized carbons (Fsp3) is 0.769. The van der Waals surface area contributed by atoms with Gasteiger partial charge in [0.25, 0.3) is 0 Å². The maximum absolute atomic E-state index is 10.8. The average molecular weight is 291 g/mol. The lowest BCUT2D eigenvalue weighted by Crippen LogP contribution is -1.95. The summed E-state index contributed by atoms with van der Waals surface area (Å²) in [7, 11) is 0. The molecule has 0 atom stereocenters. The molecule has 0 aromatic heterocycles. The number of hydrogen-bond donors (Lipinski definition) is 0. The van der Waals surface area contributed by atoms with Gasteiger partial charge in [-0.25, -0.2) is 0 Å². The maximum atomic E-state index is 10.8. The molecule has 0 aliphatic carbocycles. The Morgan fingerprint density at radius 2 is 1.50 bits per heavy atom. The summed E-state index contributed by atoms with van der Waals surface area (Å²) in [6, 6.07) is 0. The van der Waals surface area contributed by atoms with Crippen LogP contribution in [0.4, 0.5) is 0 Å². The number of rotatable bonds is 11. The molecule has 94 valence electrons. The smallest absolute Gasteiger partial charge is 0.317 e. The highest BCUT2D eigenvalue weighted by molar-refractivity contribution is 9.06. The van der Waals surface area contributed by atoms with Crippen molar-refractivity contribution in [2.45, 2.75) is 64.2 Å². The van der Waals surface area contributed by atoms with Gasteiger partial charge in [0.1, 0.15) is 0 Å². The van der Waals surface area contributed by atoms with Crippen molar-refractivity contribution >= 4 is 22.2 Å². The standard InChI is InChI=1S/C13H23BrO2/c1-2-3-4-5-6-7-8-9-10-11-12-13(15)16-14/h2H,1,3-12H2. The molecule has 0 N–H and O–H groups in total. The third-order valence-corrected chi connectivity index (χ3v) is 2.99. The van der Waals surface area contributed by atoms with E-state index in [0.717, 1.165) is 19.3 Å². The molecule has 0 amide bonds. The predicted octanol–water partition coefficient (Wildman–Crippen LogP) is 4.93. The van der Waals surface area contributed by atoms with Crippen molar-refractivity contribution in [3.63, 3.8) is 0 Å². The van der Waals surface area contributed by atoms with Crippen molar-refractivity contribution in [1.29, 1.82) is 0 Å². The van der Waals surface area contributed by atoms with Crippen molar-refractivity contribution in [3.8, 4) is 0 Å². The minimum absolute atomic E-state index is 0.163. The Morgan fingerprint density at radius 3 is 2.00 bits per heavy atom. The van der Waals surface area contributed by atoms with Crippen LogP contribution in [0.5, 0.6) is 0 Å². The molecule has 16 heavy (non-hydrogen) atoms. The van der Waals surface area contributed by atoms with Crippen LogP contribution in [0, 0.1) is 0 Å². The Hall–Kier alpha value is -0.310. The molecule has 0 fully saturated rings. The molecule has 0 radical (unpaired) electrons. The second-order valence-corrected chi connectivity index (χ2v) is 4.43. The predicted molar refractivity (Wildman–Crippen MR) is 71.4 cm³/mol. The minimum Gasteiger partial charge on any atom is -0.384 e. The molecule has 3 heteroatoms. The van der Waals surface area contributed by atoms with E-state index >= 15 is 0 Å². The van der Waals surface area contributed by atoms with Crippen LogP contribution in [0.15, 0.2) is 12.7 Å². The molecule has 0 aromatic rings. The maximum Gasteiger partial charge on any atom is 0.317 e. The molecule has 0 aliphatic heterocycles. The monoisotopic (exact) mass is 290 g/mol. The van der Waals surface area contributed by atoms with Crippen LogP contribution in [-0.4, -0.2) is 5.97 Å². The zero-order valence-electron chi connectivity index (χ0n) is 10.0. The third kappa shape index (κ3) is 11.8. The summed E-state index contributed by atoms with van der Waals surface area (Å²) in [5, 5.41) is 0. The SMILES string of the molecule is C=CCCCCCCCCCCC(=O)OBr. The first-order chi connectivity index (χ1) is 7.81. The summed E-state index contributed by atoms with van der Waals surface area (Å²) < 4.78 is 4.40. The van der Waals surface area contributed by atoms with E-state index in [1.807, 2.05) is 6.08 Å². The molecule has 0 unspecified atom stereocenters. The van der Waals surface area contributed by atoms with Gasteiger partial charge in [-0.2, -0.15) is 0 Å². The van der Waals surface area contributed by atoms with E-state index in [4.69, 9.17) is 0 Å². The normalized spacial score (nSPS) is 10.1. The molecule has 0 saturated carbocycles. The molecule has 2 nitrogen and oxygen atoms in total. The molecular weight excluding hydrogens is 268 g/mol. The molecule has 0 rings (SSSR count). The van der Waals surface area contributed by atoms with Crippen molar-refractivity contribution < 1.29 is 8.62 Å². The summed E-state index contributed by atoms with van der Waals surface area (Å²) in [5.74, 6) is -0.163. The van der Waals surface area contributed by atoms with Crippen LogP contribution in [0.1, 0.15) is 64.2 Å². The lowest BCUT2D eigenvalue weighted by Gasteiger charge is -2.01. The first kappa shape index (κ1) is 15.7. The molecule has 0 saturated heterocycles. The van der Waals surface area contributed by atoms with Crippen LogP contribution in [0.3, 0.4) is 0 Å². The highest BCUT2D eigenvalue weighted by Gasteiger charge is 1.99. The average Bonchev–Trinajstić information content (AvgIpc) is 2.31. The second kappa shape index (κ2) is 12.8. The third-order valence-electron chi connectivity index (χ3n) is 2.63. The van der Waals surface area contributed by atoms with Crippen LogP contribution in [-0.2, 0) is 8.62 Å². The molecule has 0 bridgehead atoms. The first-order valence-electron chi connectivity index (χ1n) is 6.23. The fourth-order valence-corrected chi connectivity index (χ4v) is 1.82. The second-order valence-electron chi connectivity index (χ2n) is 4.10. The fourth-order valence-electron chi connectivity index (χ4n) is 1.66. The number of allylic oxidation sites excluding steroid dienone is 1. The van der Waals surface area contributed by atoms with Crippen molar-refractivity contribution in [2.75, 3.05) is 0 Å². The number of hydrogen-bond acceptors (Lipinski definition) is 2. The molecule has 0 spiro atoms. The number of halogens is 1. The van der Waals surface area contributed by atoms with Gasteiger partial charge in [-0.1, -0.05) is 44.6 Å². The summed E-state index contributed by atoms with van der Waals surface area (Å²) in [6.45, 7) is 3.71. The molecule has 0 aliphatic rings. The summed E-state index contributed by atoms with van der Waals surface area (Å²) >= 11 is 2.68. The van der Waals surface area contributed by atoms with Crippen LogP contribution in [0.2, 0.25) is 0 Å². The summed E-state index contributed by atoms with van der Waals surface area (Å²) in [5.41, 5.74) is 0. The molecule has 0 aromatic carbocycles. The highest BCUT2D eigenvalue weighted by atomic mass is 79.9. The topological polar surface area (TPSA) is 26.3 Å². The van der Waals surface area contributed by atoms with Crippen LogP contribution >= 0.6 is 16.3 Å². The Bertz CT molecular complexity index is 181. The van der Waals surface area contributed by atoms with Crippen LogP contribution < -0.4 is 0 Å².